The van der Waals surface area contributed by atoms with Gasteiger partial charge in [-0.15, -0.1) is 0 Å². The Hall–Kier alpha value is 0.430. The maximum absolute atomic E-state index is 1.65. The summed E-state index contributed by atoms with van der Waals surface area (Å²) in [6.45, 7) is 0. The molecule has 3 aliphatic carbocycles. The van der Waals surface area contributed by atoms with Crippen molar-refractivity contribution in [1.29, 1.82) is 0 Å². The summed E-state index contributed by atoms with van der Waals surface area (Å²) in [5.41, 5.74) is 3.61. The van der Waals surface area contributed by atoms with Crippen molar-refractivity contribution >= 4 is 7.92 Å². The van der Waals surface area contributed by atoms with Crippen molar-refractivity contribution in [2.24, 2.45) is 11.8 Å². The molecule has 0 unspecified atom stereocenters. The van der Waals surface area contributed by atoms with Crippen molar-refractivity contribution in [2.45, 2.75) is 126 Å². The van der Waals surface area contributed by atoms with Gasteiger partial charge in [0.1, 0.15) is 0 Å². The molecule has 0 aromatic carbocycles. The molecular formula is C22H39P. The van der Waals surface area contributed by atoms with Gasteiger partial charge in [-0.1, -0.05) is 65.7 Å². The van der Waals surface area contributed by atoms with E-state index in [-0.39, 0.29) is 0 Å². The Morgan fingerprint density at radius 2 is 0.783 bits per heavy atom. The van der Waals surface area contributed by atoms with Crippen molar-refractivity contribution < 1.29 is 0 Å². The molecule has 0 spiro atoms. The predicted molar refractivity (Wildman–Crippen MR) is 104 cm³/mol. The summed E-state index contributed by atoms with van der Waals surface area (Å²) in [6.07, 6.45) is 26.9. The van der Waals surface area contributed by atoms with E-state index in [1.54, 1.807) is 96.3 Å². The molecule has 1 heteroatoms. The Morgan fingerprint density at radius 1 is 0.391 bits per heavy atom. The quantitative estimate of drug-likeness (QED) is 0.469. The van der Waals surface area contributed by atoms with Crippen LogP contribution in [0, 0.1) is 11.8 Å². The highest BCUT2D eigenvalue weighted by molar-refractivity contribution is 7.60. The minimum Gasteiger partial charge on any atom is -0.0966 e. The fourth-order valence-corrected chi connectivity index (χ4v) is 11.8. The van der Waals surface area contributed by atoms with Gasteiger partial charge in [0, 0.05) is 0 Å². The van der Waals surface area contributed by atoms with Crippen LogP contribution >= 0.6 is 7.92 Å². The molecule has 2 atom stereocenters. The largest absolute Gasteiger partial charge is 0.0966 e. The van der Waals surface area contributed by atoms with E-state index in [9.17, 15) is 0 Å². The van der Waals surface area contributed by atoms with Crippen LogP contribution in [0.3, 0.4) is 0 Å². The molecule has 4 aliphatic rings. The van der Waals surface area contributed by atoms with Gasteiger partial charge < -0.3 is 0 Å². The van der Waals surface area contributed by atoms with Crippen molar-refractivity contribution in [3.63, 3.8) is 0 Å². The van der Waals surface area contributed by atoms with Crippen molar-refractivity contribution in [3.8, 4) is 0 Å². The molecule has 0 aromatic heterocycles. The minimum atomic E-state index is 0.364. The molecule has 132 valence electrons. The first-order chi connectivity index (χ1) is 11.4. The van der Waals surface area contributed by atoms with Crippen LogP contribution in [0.15, 0.2) is 0 Å². The summed E-state index contributed by atoms with van der Waals surface area (Å²) in [5.74, 6) is 2.32. The van der Waals surface area contributed by atoms with Crippen LogP contribution in [0.1, 0.15) is 109 Å². The van der Waals surface area contributed by atoms with Crippen LogP contribution in [0.4, 0.5) is 0 Å². The molecule has 0 nitrogen and oxygen atoms in total. The SMILES string of the molecule is C1CCC([C@@H]2CC[C@@H](C3CCCCC3)P2C2CCCCC2)CC1. The van der Waals surface area contributed by atoms with Crippen molar-refractivity contribution in [1.82, 2.24) is 0 Å². The first-order valence-corrected chi connectivity index (χ1v) is 12.8. The van der Waals surface area contributed by atoms with Gasteiger partial charge in [-0.05, 0) is 80.2 Å². The molecular weight excluding hydrogens is 295 g/mol. The van der Waals surface area contributed by atoms with E-state index in [1.165, 1.54) is 29.8 Å². The zero-order valence-electron chi connectivity index (χ0n) is 15.4. The molecule has 23 heavy (non-hydrogen) atoms. The third-order valence-corrected chi connectivity index (χ3v) is 12.2. The van der Waals surface area contributed by atoms with Crippen molar-refractivity contribution in [2.75, 3.05) is 0 Å². The molecule has 0 bridgehead atoms. The van der Waals surface area contributed by atoms with Gasteiger partial charge in [0.15, 0.2) is 0 Å². The molecule has 0 amide bonds. The Bertz CT molecular complexity index is 321. The van der Waals surface area contributed by atoms with Gasteiger partial charge in [0.05, 0.1) is 0 Å². The van der Waals surface area contributed by atoms with Crippen LogP contribution in [0.5, 0.6) is 0 Å². The maximum atomic E-state index is 1.65. The van der Waals surface area contributed by atoms with E-state index < -0.39 is 0 Å². The van der Waals surface area contributed by atoms with E-state index in [0.717, 1.165) is 11.8 Å². The van der Waals surface area contributed by atoms with Crippen LogP contribution in [-0.2, 0) is 0 Å². The van der Waals surface area contributed by atoms with Gasteiger partial charge in [0.25, 0.3) is 0 Å². The second-order valence-corrected chi connectivity index (χ2v) is 12.2. The lowest BCUT2D eigenvalue weighted by Gasteiger charge is -2.43. The number of rotatable bonds is 3. The number of hydrogen-bond acceptors (Lipinski definition) is 0. The third-order valence-electron chi connectivity index (χ3n) is 7.91. The van der Waals surface area contributed by atoms with Crippen molar-refractivity contribution in [3.05, 3.63) is 0 Å². The van der Waals surface area contributed by atoms with E-state index in [4.69, 9.17) is 0 Å². The smallest absolute Gasteiger partial charge is 0.0176 e. The highest BCUT2D eigenvalue weighted by atomic mass is 31.1. The average Bonchev–Trinajstić information content (AvgIpc) is 3.09. The highest BCUT2D eigenvalue weighted by Gasteiger charge is 2.46. The Labute approximate surface area is 146 Å². The average molecular weight is 335 g/mol. The normalized spacial score (nSPS) is 36.5. The summed E-state index contributed by atoms with van der Waals surface area (Å²) in [7, 11) is 0.364. The Balaban J connectivity index is 1.50. The van der Waals surface area contributed by atoms with E-state index in [2.05, 4.69) is 0 Å². The minimum absolute atomic E-state index is 0.364. The lowest BCUT2D eigenvalue weighted by atomic mass is 9.83. The molecule has 0 N–H and O–H groups in total. The van der Waals surface area contributed by atoms with E-state index in [0.29, 0.717) is 7.92 Å². The van der Waals surface area contributed by atoms with Crippen LogP contribution in [0.2, 0.25) is 0 Å². The van der Waals surface area contributed by atoms with Gasteiger partial charge in [-0.3, -0.25) is 0 Å². The third kappa shape index (κ3) is 3.83. The summed E-state index contributed by atoms with van der Waals surface area (Å²) >= 11 is 0. The molecule has 3 saturated carbocycles. The Morgan fingerprint density at radius 3 is 1.22 bits per heavy atom. The lowest BCUT2D eigenvalue weighted by molar-refractivity contribution is 0.332. The van der Waals surface area contributed by atoms with Gasteiger partial charge in [-0.2, -0.15) is 0 Å². The fraction of sp³-hybridized carbons (Fsp3) is 1.00. The first kappa shape index (κ1) is 16.9. The second kappa shape index (κ2) is 8.21. The zero-order chi connectivity index (χ0) is 15.5. The van der Waals surface area contributed by atoms with E-state index in [1.807, 2.05) is 0 Å². The predicted octanol–water partition coefficient (Wildman–Crippen LogP) is 7.49. The summed E-state index contributed by atoms with van der Waals surface area (Å²) in [5, 5.41) is 0. The molecule has 1 saturated heterocycles. The number of hydrogen-bond donors (Lipinski definition) is 0. The molecule has 0 radical (unpaired) electrons. The summed E-state index contributed by atoms with van der Waals surface area (Å²) in [6, 6.07) is 0. The molecule has 0 aromatic rings. The summed E-state index contributed by atoms with van der Waals surface area (Å²) in [4.78, 5) is 0. The second-order valence-electron chi connectivity index (χ2n) is 9.25. The maximum Gasteiger partial charge on any atom is -0.0176 e. The monoisotopic (exact) mass is 334 g/mol. The van der Waals surface area contributed by atoms with Crippen LogP contribution < -0.4 is 0 Å². The van der Waals surface area contributed by atoms with Crippen LogP contribution in [0.25, 0.3) is 0 Å². The van der Waals surface area contributed by atoms with Gasteiger partial charge in [-0.25, -0.2) is 0 Å². The standard InChI is InChI=1S/C22H39P/c1-4-10-18(11-5-1)21-16-17-22(19-12-6-2-7-13-19)23(21)20-14-8-3-9-15-20/h18-22H,1-17H2/t21-,22-/m0/s1. The van der Waals surface area contributed by atoms with E-state index >= 15 is 0 Å². The Kier molecular flexibility index (Phi) is 6.02. The summed E-state index contributed by atoms with van der Waals surface area (Å²) < 4.78 is 0. The van der Waals surface area contributed by atoms with Gasteiger partial charge in [0.2, 0.25) is 0 Å². The molecule has 1 heterocycles. The zero-order valence-corrected chi connectivity index (χ0v) is 16.2. The topological polar surface area (TPSA) is 0 Å². The lowest BCUT2D eigenvalue weighted by Crippen LogP contribution is -2.28. The highest BCUT2D eigenvalue weighted by Crippen LogP contribution is 2.67. The molecule has 4 rings (SSSR count). The van der Waals surface area contributed by atoms with Crippen LogP contribution in [-0.4, -0.2) is 17.0 Å². The fourth-order valence-electron chi connectivity index (χ4n) is 6.80. The molecule has 4 fully saturated rings. The first-order valence-electron chi connectivity index (χ1n) is 11.2. The van der Waals surface area contributed by atoms with Gasteiger partial charge >= 0.3 is 0 Å². The molecule has 1 aliphatic heterocycles.